The first-order valence-electron chi connectivity index (χ1n) is 3.11. The molecule has 0 bridgehead atoms. The van der Waals surface area contributed by atoms with Gasteiger partial charge in [-0.15, -0.1) is 10.2 Å². The molecule has 0 aromatic carbocycles. The molecule has 1 fully saturated rings. The molecule has 0 N–H and O–H groups in total. The molecule has 46 valence electrons. The molecule has 1 saturated carbocycles. The molecule has 2 rings (SSSR count). The highest BCUT2D eigenvalue weighted by Crippen LogP contribution is 2.38. The van der Waals surface area contributed by atoms with E-state index >= 15 is 0 Å². The largest absolute Gasteiger partial charge is 0.139 e. The van der Waals surface area contributed by atoms with Gasteiger partial charge in [0.25, 0.3) is 0 Å². The zero-order valence-corrected chi connectivity index (χ0v) is 4.99. The number of hydrogen-bond acceptors (Lipinski definition) is 3. The fourth-order valence-corrected chi connectivity index (χ4v) is 0.847. The Kier molecular flexibility index (Phi) is 0.946. The fraction of sp³-hybridized carbons (Fsp3) is 0.500. The van der Waals surface area contributed by atoms with Crippen molar-refractivity contribution in [3.05, 3.63) is 18.0 Å². The maximum absolute atomic E-state index is 3.88. The van der Waals surface area contributed by atoms with Crippen LogP contribution >= 0.6 is 0 Å². The normalized spacial score (nSPS) is 17.8. The van der Waals surface area contributed by atoms with E-state index in [1.165, 1.54) is 12.8 Å². The molecule has 1 aromatic rings. The highest BCUT2D eigenvalue weighted by atomic mass is 15.3. The first kappa shape index (κ1) is 4.85. The minimum Gasteiger partial charge on any atom is -0.139 e. The quantitative estimate of drug-likeness (QED) is 0.550. The standard InChI is InChI=1S/C6H7N3/c1-2-5(1)6-3-4-7-9-8-6/h3-5H,1-2H2. The van der Waals surface area contributed by atoms with Crippen molar-refractivity contribution in [2.75, 3.05) is 0 Å². The van der Waals surface area contributed by atoms with Crippen molar-refractivity contribution in [1.29, 1.82) is 0 Å². The highest BCUT2D eigenvalue weighted by molar-refractivity contribution is 5.10. The minimum absolute atomic E-state index is 0.695. The second-order valence-electron chi connectivity index (χ2n) is 2.32. The molecule has 0 atom stereocenters. The minimum atomic E-state index is 0.695. The summed E-state index contributed by atoms with van der Waals surface area (Å²) in [7, 11) is 0. The lowest BCUT2D eigenvalue weighted by Gasteiger charge is -1.88. The zero-order valence-electron chi connectivity index (χ0n) is 4.99. The molecule has 9 heavy (non-hydrogen) atoms. The van der Waals surface area contributed by atoms with E-state index in [4.69, 9.17) is 0 Å². The summed E-state index contributed by atoms with van der Waals surface area (Å²) < 4.78 is 0. The van der Waals surface area contributed by atoms with Gasteiger partial charge in [-0.1, -0.05) is 0 Å². The van der Waals surface area contributed by atoms with Crippen LogP contribution in [0, 0.1) is 0 Å². The average molecular weight is 121 g/mol. The smallest absolute Gasteiger partial charge is 0.0695 e. The van der Waals surface area contributed by atoms with Crippen molar-refractivity contribution in [3.63, 3.8) is 0 Å². The van der Waals surface area contributed by atoms with Gasteiger partial charge in [-0.05, 0) is 24.1 Å². The predicted molar refractivity (Wildman–Crippen MR) is 31.8 cm³/mol. The van der Waals surface area contributed by atoms with E-state index in [-0.39, 0.29) is 0 Å². The molecular weight excluding hydrogens is 114 g/mol. The van der Waals surface area contributed by atoms with Crippen LogP contribution in [0.1, 0.15) is 24.5 Å². The molecule has 0 saturated heterocycles. The topological polar surface area (TPSA) is 38.7 Å². The Morgan fingerprint density at radius 1 is 1.44 bits per heavy atom. The van der Waals surface area contributed by atoms with Gasteiger partial charge in [0.2, 0.25) is 0 Å². The summed E-state index contributed by atoms with van der Waals surface area (Å²) in [5.74, 6) is 0.695. The number of hydrogen-bond donors (Lipinski definition) is 0. The monoisotopic (exact) mass is 121 g/mol. The Morgan fingerprint density at radius 3 is 2.89 bits per heavy atom. The summed E-state index contributed by atoms with van der Waals surface area (Å²) in [6, 6.07) is 1.94. The molecule has 1 aliphatic rings. The van der Waals surface area contributed by atoms with E-state index in [0.29, 0.717) is 5.92 Å². The Hall–Kier alpha value is -0.990. The molecule has 3 heteroatoms. The van der Waals surface area contributed by atoms with Crippen molar-refractivity contribution in [1.82, 2.24) is 15.4 Å². The van der Waals surface area contributed by atoms with Crippen molar-refractivity contribution in [2.45, 2.75) is 18.8 Å². The van der Waals surface area contributed by atoms with Crippen LogP contribution in [-0.2, 0) is 0 Å². The summed E-state index contributed by atoms with van der Waals surface area (Å²) >= 11 is 0. The van der Waals surface area contributed by atoms with E-state index < -0.39 is 0 Å². The third-order valence-electron chi connectivity index (χ3n) is 1.52. The molecular formula is C6H7N3. The maximum Gasteiger partial charge on any atom is 0.0695 e. The number of nitrogens with zero attached hydrogens (tertiary/aromatic N) is 3. The summed E-state index contributed by atoms with van der Waals surface area (Å²) in [5, 5.41) is 11.0. The first-order chi connectivity index (χ1) is 4.47. The van der Waals surface area contributed by atoms with Crippen molar-refractivity contribution < 1.29 is 0 Å². The van der Waals surface area contributed by atoms with Crippen LogP contribution in [0.15, 0.2) is 12.3 Å². The maximum atomic E-state index is 3.88. The molecule has 0 aliphatic heterocycles. The molecule has 3 nitrogen and oxygen atoms in total. The summed E-state index contributed by atoms with van der Waals surface area (Å²) in [6.45, 7) is 0. The van der Waals surface area contributed by atoms with E-state index in [9.17, 15) is 0 Å². The van der Waals surface area contributed by atoms with Gasteiger partial charge >= 0.3 is 0 Å². The van der Waals surface area contributed by atoms with Gasteiger partial charge in [-0.25, -0.2) is 0 Å². The lowest BCUT2D eigenvalue weighted by atomic mass is 10.3. The third kappa shape index (κ3) is 0.896. The Bertz CT molecular complexity index is 193. The van der Waals surface area contributed by atoms with Gasteiger partial charge in [-0.3, -0.25) is 0 Å². The first-order valence-corrected chi connectivity index (χ1v) is 3.11. The van der Waals surface area contributed by atoms with Crippen LogP contribution in [0.5, 0.6) is 0 Å². The number of rotatable bonds is 1. The molecule has 0 spiro atoms. The molecule has 0 unspecified atom stereocenters. The summed E-state index contributed by atoms with van der Waals surface area (Å²) in [4.78, 5) is 0. The fourth-order valence-electron chi connectivity index (χ4n) is 0.847. The molecule has 1 aromatic heterocycles. The lowest BCUT2D eigenvalue weighted by molar-refractivity contribution is 0.808. The van der Waals surface area contributed by atoms with Gasteiger partial charge in [0.05, 0.1) is 11.9 Å². The Labute approximate surface area is 53.1 Å². The average Bonchev–Trinajstić information content (AvgIpc) is 2.71. The van der Waals surface area contributed by atoms with Crippen LogP contribution in [0.3, 0.4) is 0 Å². The summed E-state index contributed by atoms with van der Waals surface area (Å²) in [5.41, 5.74) is 1.10. The molecule has 0 amide bonds. The van der Waals surface area contributed by atoms with Crippen molar-refractivity contribution in [3.8, 4) is 0 Å². The van der Waals surface area contributed by atoms with E-state index in [0.717, 1.165) is 5.69 Å². The van der Waals surface area contributed by atoms with E-state index in [1.54, 1.807) is 6.20 Å². The van der Waals surface area contributed by atoms with Gasteiger partial charge < -0.3 is 0 Å². The van der Waals surface area contributed by atoms with Crippen molar-refractivity contribution in [2.24, 2.45) is 0 Å². The zero-order chi connectivity index (χ0) is 6.10. The SMILES string of the molecule is c1cc(C2CC2)nnn1. The van der Waals surface area contributed by atoms with E-state index in [1.807, 2.05) is 6.07 Å². The van der Waals surface area contributed by atoms with Gasteiger partial charge in [0, 0.05) is 5.92 Å². The van der Waals surface area contributed by atoms with Crippen LogP contribution in [0.4, 0.5) is 0 Å². The predicted octanol–water partition coefficient (Wildman–Crippen LogP) is 0.749. The second kappa shape index (κ2) is 1.76. The van der Waals surface area contributed by atoms with Crippen molar-refractivity contribution >= 4 is 0 Å². The highest BCUT2D eigenvalue weighted by Gasteiger charge is 2.24. The Balaban J connectivity index is 2.29. The molecule has 0 radical (unpaired) electrons. The van der Waals surface area contributed by atoms with Crippen LogP contribution in [0.2, 0.25) is 0 Å². The third-order valence-corrected chi connectivity index (χ3v) is 1.52. The van der Waals surface area contributed by atoms with Crippen LogP contribution < -0.4 is 0 Å². The Morgan fingerprint density at radius 2 is 2.33 bits per heavy atom. The van der Waals surface area contributed by atoms with E-state index in [2.05, 4.69) is 15.4 Å². The molecule has 1 heterocycles. The second-order valence-corrected chi connectivity index (χ2v) is 2.32. The van der Waals surface area contributed by atoms with Gasteiger partial charge in [0.15, 0.2) is 0 Å². The lowest BCUT2D eigenvalue weighted by Crippen LogP contribution is -1.90. The molecule has 1 aliphatic carbocycles. The number of aromatic nitrogens is 3. The van der Waals surface area contributed by atoms with Gasteiger partial charge in [-0.2, -0.15) is 0 Å². The van der Waals surface area contributed by atoms with Crippen LogP contribution in [-0.4, -0.2) is 15.4 Å². The summed E-state index contributed by atoms with van der Waals surface area (Å²) in [6.07, 6.45) is 4.25. The van der Waals surface area contributed by atoms with Crippen LogP contribution in [0.25, 0.3) is 0 Å². The van der Waals surface area contributed by atoms with Gasteiger partial charge in [0.1, 0.15) is 0 Å².